The lowest BCUT2D eigenvalue weighted by molar-refractivity contribution is 0.0520. The van der Waals surface area contributed by atoms with Crippen molar-refractivity contribution in [3.63, 3.8) is 0 Å². The van der Waals surface area contributed by atoms with E-state index in [1.165, 1.54) is 0 Å². The fraction of sp³-hybridized carbons (Fsp3) is 0.312. The van der Waals surface area contributed by atoms with E-state index >= 15 is 0 Å². The molecule has 0 spiro atoms. The van der Waals surface area contributed by atoms with Crippen LogP contribution >= 0.6 is 0 Å². The first-order valence-corrected chi connectivity index (χ1v) is 7.25. The summed E-state index contributed by atoms with van der Waals surface area (Å²) in [5.74, 6) is 1.31. The van der Waals surface area contributed by atoms with E-state index in [0.717, 1.165) is 11.4 Å². The smallest absolute Gasteiger partial charge is 0.338 e. The molecule has 7 heteroatoms. The van der Waals surface area contributed by atoms with Gasteiger partial charge in [0.2, 0.25) is 12.7 Å². The number of carbonyl (C=O) groups excluding carboxylic acids is 1. The number of nitrogens with one attached hydrogen (secondary N) is 1. The summed E-state index contributed by atoms with van der Waals surface area (Å²) >= 11 is 0. The van der Waals surface area contributed by atoms with Crippen molar-refractivity contribution < 1.29 is 19.0 Å². The van der Waals surface area contributed by atoms with E-state index in [4.69, 9.17) is 14.2 Å². The molecule has 3 rings (SSSR count). The van der Waals surface area contributed by atoms with Gasteiger partial charge in [-0.3, -0.25) is 0 Å². The van der Waals surface area contributed by atoms with Gasteiger partial charge in [-0.05, 0) is 38.1 Å². The Kier molecular flexibility index (Phi) is 4.27. The predicted octanol–water partition coefficient (Wildman–Crippen LogP) is 2.09. The highest BCUT2D eigenvalue weighted by Crippen LogP contribution is 2.32. The molecule has 2 heterocycles. The van der Waals surface area contributed by atoms with Crippen molar-refractivity contribution in [2.24, 2.45) is 0 Å². The summed E-state index contributed by atoms with van der Waals surface area (Å²) in [6, 6.07) is 6.85. The van der Waals surface area contributed by atoms with Gasteiger partial charge in [0.05, 0.1) is 12.1 Å². The number of esters is 1. The third kappa shape index (κ3) is 3.68. The van der Waals surface area contributed by atoms with Crippen molar-refractivity contribution in [2.45, 2.75) is 13.8 Å². The minimum atomic E-state index is -0.411. The third-order valence-electron chi connectivity index (χ3n) is 3.21. The molecule has 1 aromatic carbocycles. The number of anilines is 1. The molecule has 0 aliphatic carbocycles. The van der Waals surface area contributed by atoms with Crippen molar-refractivity contribution >= 4 is 11.9 Å². The first-order chi connectivity index (χ1) is 11.1. The van der Waals surface area contributed by atoms with Crippen molar-refractivity contribution in [1.29, 1.82) is 0 Å². The SMILES string of the molecule is Cc1cc(C)nc(NCCOC(=O)c2ccc3c(c2)OCO3)n1. The lowest BCUT2D eigenvalue weighted by Gasteiger charge is -2.08. The molecule has 0 unspecified atom stereocenters. The Morgan fingerprint density at radius 3 is 2.70 bits per heavy atom. The second-order valence-corrected chi connectivity index (χ2v) is 5.11. The summed E-state index contributed by atoms with van der Waals surface area (Å²) in [6.45, 7) is 4.62. The van der Waals surface area contributed by atoms with E-state index in [2.05, 4.69) is 15.3 Å². The molecule has 7 nitrogen and oxygen atoms in total. The van der Waals surface area contributed by atoms with Crippen LogP contribution in [0, 0.1) is 13.8 Å². The highest BCUT2D eigenvalue weighted by molar-refractivity contribution is 5.90. The normalized spacial score (nSPS) is 12.1. The van der Waals surface area contributed by atoms with Crippen LogP contribution in [0.3, 0.4) is 0 Å². The van der Waals surface area contributed by atoms with Crippen LogP contribution in [0.4, 0.5) is 5.95 Å². The van der Waals surface area contributed by atoms with Gasteiger partial charge in [-0.15, -0.1) is 0 Å². The maximum absolute atomic E-state index is 12.0. The molecule has 0 saturated carbocycles. The Balaban J connectivity index is 1.49. The second-order valence-electron chi connectivity index (χ2n) is 5.11. The molecule has 23 heavy (non-hydrogen) atoms. The van der Waals surface area contributed by atoms with Crippen LogP contribution in [0.1, 0.15) is 21.7 Å². The molecule has 0 bridgehead atoms. The van der Waals surface area contributed by atoms with Gasteiger partial charge in [0.25, 0.3) is 0 Å². The number of hydrogen-bond acceptors (Lipinski definition) is 7. The minimum Gasteiger partial charge on any atom is -0.460 e. The summed E-state index contributed by atoms with van der Waals surface area (Å²) in [6.07, 6.45) is 0. The van der Waals surface area contributed by atoms with Crippen molar-refractivity contribution in [1.82, 2.24) is 9.97 Å². The molecule has 0 fully saturated rings. The molecule has 0 radical (unpaired) electrons. The maximum Gasteiger partial charge on any atom is 0.338 e. The van der Waals surface area contributed by atoms with Crippen LogP contribution in [0.25, 0.3) is 0 Å². The highest BCUT2D eigenvalue weighted by Gasteiger charge is 2.16. The Labute approximate surface area is 133 Å². The quantitative estimate of drug-likeness (QED) is 0.668. The first-order valence-electron chi connectivity index (χ1n) is 7.25. The number of fused-ring (bicyclic) bond motifs is 1. The first kappa shape index (κ1) is 15.1. The van der Waals surface area contributed by atoms with Crippen LogP contribution in [0.5, 0.6) is 11.5 Å². The van der Waals surface area contributed by atoms with Gasteiger partial charge in [0, 0.05) is 11.4 Å². The van der Waals surface area contributed by atoms with Gasteiger partial charge in [0.15, 0.2) is 11.5 Å². The molecule has 0 saturated heterocycles. The molecule has 0 amide bonds. The monoisotopic (exact) mass is 315 g/mol. The lowest BCUT2D eigenvalue weighted by atomic mass is 10.2. The Morgan fingerprint density at radius 1 is 1.17 bits per heavy atom. The standard InChI is InChI=1S/C16H17N3O4/c1-10-7-11(2)19-16(18-10)17-5-6-21-15(20)12-3-4-13-14(8-12)23-9-22-13/h3-4,7-8H,5-6,9H2,1-2H3,(H,17,18,19). The lowest BCUT2D eigenvalue weighted by Crippen LogP contribution is -2.15. The summed E-state index contributed by atoms with van der Waals surface area (Å²) in [5.41, 5.74) is 2.20. The number of carbonyl (C=O) groups is 1. The summed E-state index contributed by atoms with van der Waals surface area (Å²) in [4.78, 5) is 20.5. The molecule has 0 atom stereocenters. The largest absolute Gasteiger partial charge is 0.460 e. The zero-order chi connectivity index (χ0) is 16.2. The number of benzene rings is 1. The Bertz CT molecular complexity index is 713. The van der Waals surface area contributed by atoms with Gasteiger partial charge < -0.3 is 19.5 Å². The van der Waals surface area contributed by atoms with E-state index in [9.17, 15) is 4.79 Å². The number of rotatable bonds is 5. The van der Waals surface area contributed by atoms with Gasteiger partial charge in [-0.2, -0.15) is 0 Å². The van der Waals surface area contributed by atoms with Gasteiger partial charge in [-0.1, -0.05) is 0 Å². The molecular formula is C16H17N3O4. The van der Waals surface area contributed by atoms with E-state index in [1.54, 1.807) is 18.2 Å². The average Bonchev–Trinajstić information content (AvgIpc) is 2.98. The molecular weight excluding hydrogens is 298 g/mol. The van der Waals surface area contributed by atoms with Crippen molar-refractivity contribution in [3.05, 3.63) is 41.2 Å². The summed E-state index contributed by atoms with van der Waals surface area (Å²) in [7, 11) is 0. The fourth-order valence-electron chi connectivity index (χ4n) is 2.22. The maximum atomic E-state index is 12.0. The second kappa shape index (κ2) is 6.51. The van der Waals surface area contributed by atoms with Crippen LogP contribution < -0.4 is 14.8 Å². The number of aromatic nitrogens is 2. The van der Waals surface area contributed by atoms with Gasteiger partial charge >= 0.3 is 5.97 Å². The number of ether oxygens (including phenoxy) is 3. The molecule has 1 N–H and O–H groups in total. The number of nitrogens with zero attached hydrogens (tertiary/aromatic N) is 2. The topological polar surface area (TPSA) is 82.6 Å². The summed E-state index contributed by atoms with van der Waals surface area (Å²) in [5, 5.41) is 3.03. The van der Waals surface area contributed by atoms with Crippen LogP contribution in [0.15, 0.2) is 24.3 Å². The Morgan fingerprint density at radius 2 is 1.91 bits per heavy atom. The van der Waals surface area contributed by atoms with Crippen molar-refractivity contribution in [2.75, 3.05) is 25.3 Å². The molecule has 120 valence electrons. The minimum absolute atomic E-state index is 0.174. The van der Waals surface area contributed by atoms with Crippen LogP contribution in [0.2, 0.25) is 0 Å². The number of aryl methyl sites for hydroxylation is 2. The molecule has 1 aromatic heterocycles. The van der Waals surface area contributed by atoms with Crippen molar-refractivity contribution in [3.8, 4) is 11.5 Å². The Hall–Kier alpha value is -2.83. The van der Waals surface area contributed by atoms with Gasteiger partial charge in [0.1, 0.15) is 6.61 Å². The summed E-state index contributed by atoms with van der Waals surface area (Å²) < 4.78 is 15.7. The van der Waals surface area contributed by atoms with E-state index < -0.39 is 5.97 Å². The zero-order valence-electron chi connectivity index (χ0n) is 13.0. The highest BCUT2D eigenvalue weighted by atomic mass is 16.7. The number of hydrogen-bond donors (Lipinski definition) is 1. The fourth-order valence-corrected chi connectivity index (χ4v) is 2.22. The zero-order valence-corrected chi connectivity index (χ0v) is 13.0. The predicted molar refractivity (Wildman–Crippen MR) is 82.8 cm³/mol. The van der Waals surface area contributed by atoms with E-state index in [0.29, 0.717) is 29.6 Å². The van der Waals surface area contributed by atoms with E-state index in [-0.39, 0.29) is 13.4 Å². The third-order valence-corrected chi connectivity index (χ3v) is 3.21. The molecule has 1 aliphatic rings. The molecule has 2 aromatic rings. The molecule has 1 aliphatic heterocycles. The van der Waals surface area contributed by atoms with Gasteiger partial charge in [-0.25, -0.2) is 14.8 Å². The van der Waals surface area contributed by atoms with Crippen LogP contribution in [-0.4, -0.2) is 35.9 Å². The van der Waals surface area contributed by atoms with E-state index in [1.807, 2.05) is 19.9 Å². The average molecular weight is 315 g/mol. The van der Waals surface area contributed by atoms with Crippen LogP contribution in [-0.2, 0) is 4.74 Å².